The third-order valence-electron chi connectivity index (χ3n) is 3.27. The summed E-state index contributed by atoms with van der Waals surface area (Å²) in [6, 6.07) is 6.69. The molecule has 114 valence electrons. The molecule has 0 saturated carbocycles. The van der Waals surface area contributed by atoms with Crippen LogP contribution < -0.4 is 0 Å². The molecular weight excluding hydrogens is 298 g/mol. The van der Waals surface area contributed by atoms with Crippen molar-refractivity contribution in [2.45, 2.75) is 17.9 Å². The first-order chi connectivity index (χ1) is 9.00. The van der Waals surface area contributed by atoms with Crippen molar-refractivity contribution in [1.29, 1.82) is 0 Å². The van der Waals surface area contributed by atoms with Gasteiger partial charge in [0.05, 0.1) is 10.6 Å². The molecule has 0 unspecified atom stereocenters. The third kappa shape index (κ3) is 5.22. The van der Waals surface area contributed by atoms with Crippen molar-refractivity contribution in [2.75, 3.05) is 31.9 Å². The average Bonchev–Trinajstić information content (AvgIpc) is 2.33. The van der Waals surface area contributed by atoms with E-state index in [-0.39, 0.29) is 16.7 Å². The predicted octanol–water partition coefficient (Wildman–Crippen LogP) is 1.13. The maximum atomic E-state index is 11.4. The first-order valence-corrected chi connectivity index (χ1v) is 10.1. The summed E-state index contributed by atoms with van der Waals surface area (Å²) in [5.41, 5.74) is 0.952. The molecule has 0 fully saturated rings. The highest BCUT2D eigenvalue weighted by Gasteiger charge is 2.14. The summed E-state index contributed by atoms with van der Waals surface area (Å²) in [7, 11) is -4.32. The van der Waals surface area contributed by atoms with Gasteiger partial charge in [0.2, 0.25) is 0 Å². The van der Waals surface area contributed by atoms with Gasteiger partial charge < -0.3 is 0 Å². The van der Waals surface area contributed by atoms with Crippen LogP contribution in [0.5, 0.6) is 0 Å². The molecular formula is C13H21NO4S2. The Morgan fingerprint density at radius 1 is 1.05 bits per heavy atom. The van der Waals surface area contributed by atoms with Crippen molar-refractivity contribution in [2.24, 2.45) is 0 Å². The van der Waals surface area contributed by atoms with Gasteiger partial charge in [-0.05, 0) is 31.7 Å². The van der Waals surface area contributed by atoms with Gasteiger partial charge in [0.15, 0.2) is 9.84 Å². The Kier molecular flexibility index (Phi) is 5.34. The largest absolute Gasteiger partial charge is 0.299 e. The fourth-order valence-electron chi connectivity index (χ4n) is 1.75. The van der Waals surface area contributed by atoms with E-state index in [2.05, 4.69) is 0 Å². The molecule has 0 aliphatic heterocycles. The van der Waals surface area contributed by atoms with Gasteiger partial charge in [-0.3, -0.25) is 4.90 Å². The quantitative estimate of drug-likeness (QED) is 0.786. The summed E-state index contributed by atoms with van der Waals surface area (Å²) in [6.45, 7) is 2.39. The maximum absolute atomic E-state index is 11.4. The van der Waals surface area contributed by atoms with Crippen LogP contribution in [0.4, 0.5) is 0 Å². The number of nitrogens with zero attached hydrogens (tertiary/aromatic N) is 1. The molecule has 20 heavy (non-hydrogen) atoms. The highest BCUT2D eigenvalue weighted by Crippen LogP contribution is 2.20. The van der Waals surface area contributed by atoms with Crippen LogP contribution in [0.15, 0.2) is 29.2 Å². The minimum Gasteiger partial charge on any atom is -0.299 e. The zero-order valence-electron chi connectivity index (χ0n) is 12.2. The summed E-state index contributed by atoms with van der Waals surface area (Å²) in [5.74, 6) is 0.106. The number of sulfone groups is 2. The number of rotatable bonds is 6. The molecule has 1 aromatic rings. The van der Waals surface area contributed by atoms with Crippen molar-refractivity contribution >= 4 is 19.7 Å². The Labute approximate surface area is 121 Å². The molecule has 1 atom stereocenters. The number of hydrogen-bond donors (Lipinski definition) is 0. The van der Waals surface area contributed by atoms with Crippen LogP contribution in [0.1, 0.15) is 18.5 Å². The van der Waals surface area contributed by atoms with E-state index in [0.29, 0.717) is 6.54 Å². The number of hydrogen-bond acceptors (Lipinski definition) is 5. The van der Waals surface area contributed by atoms with Gasteiger partial charge in [0.1, 0.15) is 9.84 Å². The van der Waals surface area contributed by atoms with Crippen molar-refractivity contribution in [3.8, 4) is 0 Å². The second kappa shape index (κ2) is 6.24. The molecule has 1 aromatic carbocycles. The zero-order valence-corrected chi connectivity index (χ0v) is 13.8. The van der Waals surface area contributed by atoms with Crippen LogP contribution in [0, 0.1) is 0 Å². The SMILES string of the molecule is C[C@@H](c1ccc(S(C)(=O)=O)cc1)N(C)CCS(C)(=O)=O. The van der Waals surface area contributed by atoms with Crippen molar-refractivity contribution < 1.29 is 16.8 Å². The summed E-state index contributed by atoms with van der Waals surface area (Å²) >= 11 is 0. The molecule has 7 heteroatoms. The zero-order chi connectivity index (χ0) is 15.6. The highest BCUT2D eigenvalue weighted by atomic mass is 32.2. The smallest absolute Gasteiger partial charge is 0.175 e. The molecule has 0 aliphatic carbocycles. The summed E-state index contributed by atoms with van der Waals surface area (Å²) < 4.78 is 45.1. The van der Waals surface area contributed by atoms with Crippen LogP contribution in [-0.4, -0.2) is 53.6 Å². The van der Waals surface area contributed by atoms with Crippen LogP contribution in [0.25, 0.3) is 0 Å². The van der Waals surface area contributed by atoms with E-state index in [4.69, 9.17) is 0 Å². The highest BCUT2D eigenvalue weighted by molar-refractivity contribution is 7.91. The molecule has 0 radical (unpaired) electrons. The summed E-state index contributed by atoms with van der Waals surface area (Å²) in [5, 5.41) is 0. The molecule has 0 spiro atoms. The lowest BCUT2D eigenvalue weighted by atomic mass is 10.1. The molecule has 5 nitrogen and oxygen atoms in total. The molecule has 0 saturated heterocycles. The molecule has 0 heterocycles. The lowest BCUT2D eigenvalue weighted by molar-refractivity contribution is 0.276. The fraction of sp³-hybridized carbons (Fsp3) is 0.538. The number of benzene rings is 1. The van der Waals surface area contributed by atoms with Gasteiger partial charge in [0.25, 0.3) is 0 Å². The van der Waals surface area contributed by atoms with E-state index in [1.54, 1.807) is 24.3 Å². The lowest BCUT2D eigenvalue weighted by Crippen LogP contribution is -2.28. The molecule has 1 rings (SSSR count). The minimum atomic E-state index is -3.19. The van der Waals surface area contributed by atoms with Crippen molar-refractivity contribution in [3.63, 3.8) is 0 Å². The van der Waals surface area contributed by atoms with Crippen LogP contribution >= 0.6 is 0 Å². The van der Waals surface area contributed by atoms with E-state index < -0.39 is 19.7 Å². The van der Waals surface area contributed by atoms with E-state index in [1.807, 2.05) is 18.9 Å². The fourth-order valence-corrected chi connectivity index (χ4v) is 3.00. The Morgan fingerprint density at radius 2 is 1.55 bits per heavy atom. The Hall–Kier alpha value is -0.920. The van der Waals surface area contributed by atoms with Gasteiger partial charge >= 0.3 is 0 Å². The van der Waals surface area contributed by atoms with Gasteiger partial charge in [-0.15, -0.1) is 0 Å². The molecule has 0 aromatic heterocycles. The van der Waals surface area contributed by atoms with Gasteiger partial charge in [-0.1, -0.05) is 12.1 Å². The van der Waals surface area contributed by atoms with Gasteiger partial charge in [-0.25, -0.2) is 16.8 Å². The first kappa shape index (κ1) is 17.1. The van der Waals surface area contributed by atoms with E-state index >= 15 is 0 Å². The van der Waals surface area contributed by atoms with Crippen LogP contribution in [0.2, 0.25) is 0 Å². The standard InChI is InChI=1S/C13H21NO4S2/c1-11(14(2)9-10-19(3,15)16)12-5-7-13(8-6-12)20(4,17)18/h5-8,11H,9-10H2,1-4H3/t11-/m0/s1. The lowest BCUT2D eigenvalue weighted by Gasteiger charge is -2.24. The van der Waals surface area contributed by atoms with Gasteiger partial charge in [-0.2, -0.15) is 0 Å². The average molecular weight is 319 g/mol. The van der Waals surface area contributed by atoms with E-state index in [1.165, 1.54) is 12.5 Å². The maximum Gasteiger partial charge on any atom is 0.175 e. The second-order valence-electron chi connectivity index (χ2n) is 5.13. The normalized spacial score (nSPS) is 14.4. The van der Waals surface area contributed by atoms with Crippen LogP contribution in [-0.2, 0) is 19.7 Å². The van der Waals surface area contributed by atoms with Crippen LogP contribution in [0.3, 0.4) is 0 Å². The predicted molar refractivity (Wildman–Crippen MR) is 80.3 cm³/mol. The van der Waals surface area contributed by atoms with E-state index in [0.717, 1.165) is 5.56 Å². The van der Waals surface area contributed by atoms with Crippen molar-refractivity contribution in [1.82, 2.24) is 4.90 Å². The molecule has 0 N–H and O–H groups in total. The first-order valence-electron chi connectivity index (χ1n) is 6.18. The van der Waals surface area contributed by atoms with Gasteiger partial charge in [0, 0.05) is 25.1 Å². The summed E-state index contributed by atoms with van der Waals surface area (Å²) in [4.78, 5) is 2.21. The molecule has 0 aliphatic rings. The van der Waals surface area contributed by atoms with E-state index in [9.17, 15) is 16.8 Å². The molecule has 0 amide bonds. The Bertz CT molecular complexity index is 648. The second-order valence-corrected chi connectivity index (χ2v) is 9.40. The molecule has 0 bridgehead atoms. The Morgan fingerprint density at radius 3 is 1.95 bits per heavy atom. The topological polar surface area (TPSA) is 71.5 Å². The summed E-state index contributed by atoms with van der Waals surface area (Å²) in [6.07, 6.45) is 2.38. The van der Waals surface area contributed by atoms with Crippen molar-refractivity contribution in [3.05, 3.63) is 29.8 Å². The third-order valence-corrected chi connectivity index (χ3v) is 5.32. The minimum absolute atomic E-state index is 0.0189. The monoisotopic (exact) mass is 319 g/mol. The Balaban J connectivity index is 2.79.